The van der Waals surface area contributed by atoms with Crippen molar-refractivity contribution in [2.75, 3.05) is 20.3 Å². The van der Waals surface area contributed by atoms with Gasteiger partial charge in [-0.3, -0.25) is 9.59 Å². The number of hydrogen-bond acceptors (Lipinski definition) is 4. The SMILES string of the molecule is COCCCOc1cc2c(cc1Cl)-c1cc(=O)c(C(C)=O)cn1C(C(C)(C)C)C2. The van der Waals surface area contributed by atoms with Gasteiger partial charge in [-0.05, 0) is 36.5 Å². The summed E-state index contributed by atoms with van der Waals surface area (Å²) in [7, 11) is 1.66. The summed E-state index contributed by atoms with van der Waals surface area (Å²) in [5, 5.41) is 0.505. The maximum atomic E-state index is 12.5. The van der Waals surface area contributed by atoms with Crippen LogP contribution >= 0.6 is 11.6 Å². The van der Waals surface area contributed by atoms with Gasteiger partial charge < -0.3 is 14.0 Å². The summed E-state index contributed by atoms with van der Waals surface area (Å²) in [6, 6.07) is 5.49. The lowest BCUT2D eigenvalue weighted by Crippen LogP contribution is -2.32. The standard InChI is InChI=1S/C23H28ClNO4/c1-14(26)17-13-25-19(12-20(17)27)16-11-18(24)21(29-8-6-7-28-5)9-15(16)10-22(25)23(2,3)4/h9,11-13,22H,6-8,10H2,1-5H3. The van der Waals surface area contributed by atoms with E-state index in [9.17, 15) is 9.59 Å². The van der Waals surface area contributed by atoms with Crippen LogP contribution in [0.15, 0.2) is 29.2 Å². The van der Waals surface area contributed by atoms with Crippen LogP contribution in [0.1, 0.15) is 56.1 Å². The van der Waals surface area contributed by atoms with E-state index in [1.807, 2.05) is 12.1 Å². The van der Waals surface area contributed by atoms with E-state index < -0.39 is 0 Å². The molecule has 1 atom stereocenters. The van der Waals surface area contributed by atoms with Gasteiger partial charge in [-0.2, -0.15) is 0 Å². The summed E-state index contributed by atoms with van der Waals surface area (Å²) in [4.78, 5) is 24.5. The molecule has 0 amide bonds. The Morgan fingerprint density at radius 3 is 2.59 bits per heavy atom. The fraction of sp³-hybridized carbons (Fsp3) is 0.478. The Morgan fingerprint density at radius 2 is 1.97 bits per heavy atom. The Morgan fingerprint density at radius 1 is 1.24 bits per heavy atom. The van der Waals surface area contributed by atoms with Crippen LogP contribution in [-0.2, 0) is 11.2 Å². The molecule has 0 N–H and O–H groups in total. The molecule has 5 nitrogen and oxygen atoms in total. The molecule has 2 aromatic rings. The van der Waals surface area contributed by atoms with Gasteiger partial charge in [-0.1, -0.05) is 32.4 Å². The van der Waals surface area contributed by atoms with E-state index in [2.05, 4.69) is 25.3 Å². The van der Waals surface area contributed by atoms with E-state index in [0.29, 0.717) is 24.0 Å². The molecular weight excluding hydrogens is 390 g/mol. The lowest BCUT2D eigenvalue weighted by molar-refractivity contribution is 0.101. The largest absolute Gasteiger partial charge is 0.492 e. The second-order valence-electron chi connectivity index (χ2n) is 8.62. The molecule has 0 spiro atoms. The van der Waals surface area contributed by atoms with Crippen molar-refractivity contribution in [1.82, 2.24) is 4.57 Å². The summed E-state index contributed by atoms with van der Waals surface area (Å²) in [5.41, 5.74) is 2.66. The predicted octanol–water partition coefficient (Wildman–Crippen LogP) is 4.93. The normalized spacial score (nSPS) is 15.6. The minimum absolute atomic E-state index is 0.0747. The second kappa shape index (κ2) is 8.33. The van der Waals surface area contributed by atoms with Gasteiger partial charge in [0, 0.05) is 44.0 Å². The van der Waals surface area contributed by atoms with Crippen LogP contribution in [0.25, 0.3) is 11.3 Å². The quantitative estimate of drug-likeness (QED) is 0.494. The van der Waals surface area contributed by atoms with E-state index in [4.69, 9.17) is 21.1 Å². The fourth-order valence-corrected chi connectivity index (χ4v) is 4.03. The molecule has 0 aliphatic carbocycles. The van der Waals surface area contributed by atoms with Crippen LogP contribution in [0.3, 0.4) is 0 Å². The number of halogens is 1. The highest BCUT2D eigenvalue weighted by molar-refractivity contribution is 6.32. The lowest BCUT2D eigenvalue weighted by atomic mass is 9.78. The Labute approximate surface area is 176 Å². The van der Waals surface area contributed by atoms with Gasteiger partial charge in [-0.25, -0.2) is 0 Å². The highest BCUT2D eigenvalue weighted by atomic mass is 35.5. The summed E-state index contributed by atoms with van der Waals surface area (Å²) < 4.78 is 13.0. The monoisotopic (exact) mass is 417 g/mol. The molecule has 0 bridgehead atoms. The Kier molecular flexibility index (Phi) is 6.20. The molecule has 0 fully saturated rings. The highest BCUT2D eigenvalue weighted by Crippen LogP contribution is 2.45. The number of carbonyl (C=O) groups is 1. The molecule has 0 radical (unpaired) electrons. The van der Waals surface area contributed by atoms with Gasteiger partial charge in [0.1, 0.15) is 5.75 Å². The Hall–Kier alpha value is -2.11. The van der Waals surface area contributed by atoms with Crippen molar-refractivity contribution in [3.05, 3.63) is 50.8 Å². The number of rotatable bonds is 6. The van der Waals surface area contributed by atoms with Crippen LogP contribution in [0, 0.1) is 5.41 Å². The number of pyridine rings is 1. The van der Waals surface area contributed by atoms with Crippen molar-refractivity contribution in [3.63, 3.8) is 0 Å². The summed E-state index contributed by atoms with van der Waals surface area (Å²) in [5.74, 6) is 0.423. The summed E-state index contributed by atoms with van der Waals surface area (Å²) >= 11 is 6.49. The molecule has 29 heavy (non-hydrogen) atoms. The van der Waals surface area contributed by atoms with Crippen LogP contribution < -0.4 is 10.2 Å². The topological polar surface area (TPSA) is 57.5 Å². The van der Waals surface area contributed by atoms with Gasteiger partial charge >= 0.3 is 0 Å². The predicted molar refractivity (Wildman–Crippen MR) is 115 cm³/mol. The smallest absolute Gasteiger partial charge is 0.192 e. The van der Waals surface area contributed by atoms with Crippen molar-refractivity contribution in [1.29, 1.82) is 0 Å². The van der Waals surface area contributed by atoms with Crippen molar-refractivity contribution >= 4 is 17.4 Å². The van der Waals surface area contributed by atoms with Crippen LogP contribution in [0.4, 0.5) is 0 Å². The third-order valence-electron chi connectivity index (χ3n) is 5.39. The number of aromatic nitrogens is 1. The van der Waals surface area contributed by atoms with Gasteiger partial charge in [0.25, 0.3) is 0 Å². The lowest BCUT2D eigenvalue weighted by Gasteiger charge is -2.39. The number of ether oxygens (including phenoxy) is 2. The average Bonchev–Trinajstić information content (AvgIpc) is 2.63. The molecular formula is C23H28ClNO4. The highest BCUT2D eigenvalue weighted by Gasteiger charge is 2.33. The third-order valence-corrected chi connectivity index (χ3v) is 5.69. The van der Waals surface area contributed by atoms with Crippen molar-refractivity contribution in [2.45, 2.75) is 46.6 Å². The summed E-state index contributed by atoms with van der Waals surface area (Å²) in [6.45, 7) is 9.06. The number of ketones is 1. The van der Waals surface area contributed by atoms with E-state index in [0.717, 1.165) is 29.7 Å². The van der Waals surface area contributed by atoms with Crippen LogP contribution in [0.2, 0.25) is 5.02 Å². The molecule has 6 heteroatoms. The van der Waals surface area contributed by atoms with E-state index in [-0.39, 0.29) is 28.2 Å². The van der Waals surface area contributed by atoms with Gasteiger partial charge in [0.15, 0.2) is 11.2 Å². The van der Waals surface area contributed by atoms with Crippen molar-refractivity contribution in [2.24, 2.45) is 5.41 Å². The minimum Gasteiger partial charge on any atom is -0.492 e. The maximum absolute atomic E-state index is 12.5. The number of carbonyl (C=O) groups excluding carboxylic acids is 1. The first-order chi connectivity index (χ1) is 13.6. The number of hydrogen-bond donors (Lipinski definition) is 0. The van der Waals surface area contributed by atoms with E-state index in [1.165, 1.54) is 6.92 Å². The number of nitrogens with zero attached hydrogens (tertiary/aromatic N) is 1. The van der Waals surface area contributed by atoms with Gasteiger partial charge in [0.2, 0.25) is 0 Å². The molecule has 1 aromatic carbocycles. The van der Waals surface area contributed by atoms with E-state index >= 15 is 0 Å². The molecule has 1 unspecified atom stereocenters. The molecule has 0 saturated heterocycles. The Balaban J connectivity index is 2.11. The molecule has 2 heterocycles. The zero-order valence-corrected chi connectivity index (χ0v) is 18.4. The fourth-order valence-electron chi connectivity index (χ4n) is 3.82. The molecule has 3 rings (SSSR count). The third kappa shape index (κ3) is 4.41. The molecule has 1 aliphatic heterocycles. The molecule has 1 aromatic heterocycles. The second-order valence-corrected chi connectivity index (χ2v) is 9.03. The van der Waals surface area contributed by atoms with Gasteiger partial charge in [-0.15, -0.1) is 0 Å². The molecule has 156 valence electrons. The average molecular weight is 418 g/mol. The van der Waals surface area contributed by atoms with Crippen molar-refractivity contribution in [3.8, 4) is 17.0 Å². The van der Waals surface area contributed by atoms with Crippen LogP contribution in [-0.4, -0.2) is 30.7 Å². The Bertz CT molecular complexity index is 988. The minimum atomic E-state index is -0.264. The van der Waals surface area contributed by atoms with E-state index in [1.54, 1.807) is 19.4 Å². The number of fused-ring (bicyclic) bond motifs is 3. The zero-order chi connectivity index (χ0) is 21.3. The van der Waals surface area contributed by atoms with Crippen LogP contribution in [0.5, 0.6) is 5.75 Å². The first kappa shape index (κ1) is 21.6. The zero-order valence-electron chi connectivity index (χ0n) is 17.7. The number of methoxy groups -OCH3 is 1. The van der Waals surface area contributed by atoms with Gasteiger partial charge in [0.05, 0.1) is 22.9 Å². The van der Waals surface area contributed by atoms with Crippen molar-refractivity contribution < 1.29 is 14.3 Å². The maximum Gasteiger partial charge on any atom is 0.192 e. The number of Topliss-reactive ketones (excluding diaryl/α,β-unsaturated/α-hetero) is 1. The first-order valence-corrected chi connectivity index (χ1v) is 10.2. The molecule has 0 saturated carbocycles. The first-order valence-electron chi connectivity index (χ1n) is 9.85. The summed E-state index contributed by atoms with van der Waals surface area (Å²) in [6.07, 6.45) is 3.25. The molecule has 1 aliphatic rings. The number of benzene rings is 1.